The average molecular weight is 358 g/mol. The summed E-state index contributed by atoms with van der Waals surface area (Å²) in [6.45, 7) is 0.502. The lowest BCUT2D eigenvalue weighted by Crippen LogP contribution is -2.41. The Morgan fingerprint density at radius 3 is 2.58 bits per heavy atom. The third-order valence-electron chi connectivity index (χ3n) is 4.59. The number of nitrogens with zero attached hydrogens (tertiary/aromatic N) is 1. The molecular weight excluding hydrogens is 337 g/mol. The smallest absolute Gasteiger partial charge is 0.337 e. The molecule has 2 fully saturated rings. The fourth-order valence-corrected chi connectivity index (χ4v) is 4.48. The molecule has 1 N–H and O–H groups in total. The van der Waals surface area contributed by atoms with Crippen molar-refractivity contribution in [1.29, 1.82) is 0 Å². The van der Waals surface area contributed by atoms with E-state index < -0.39 is 11.7 Å². The van der Waals surface area contributed by atoms with E-state index in [0.717, 1.165) is 30.4 Å². The van der Waals surface area contributed by atoms with E-state index in [1.807, 2.05) is 11.8 Å². The molecule has 0 spiro atoms. The van der Waals surface area contributed by atoms with Gasteiger partial charge in [-0.15, -0.1) is 0 Å². The number of amides is 1. The molecule has 3 nitrogen and oxygen atoms in total. The highest BCUT2D eigenvalue weighted by atomic mass is 32.2. The van der Waals surface area contributed by atoms with Gasteiger partial charge in [0, 0.05) is 31.6 Å². The topological polar surface area (TPSA) is 32.3 Å². The largest absolute Gasteiger partial charge is 0.416 e. The number of benzene rings is 1. The van der Waals surface area contributed by atoms with Crippen LogP contribution >= 0.6 is 11.8 Å². The number of carbonyl (C=O) groups excluding carboxylic acids is 1. The van der Waals surface area contributed by atoms with Crippen molar-refractivity contribution >= 4 is 17.7 Å². The van der Waals surface area contributed by atoms with E-state index >= 15 is 0 Å². The Balaban J connectivity index is 1.63. The van der Waals surface area contributed by atoms with Crippen LogP contribution in [0, 0.1) is 0 Å². The molecule has 2 aliphatic heterocycles. The Kier molecular flexibility index (Phi) is 5.39. The number of hydrogen-bond acceptors (Lipinski definition) is 3. The van der Waals surface area contributed by atoms with E-state index in [-0.39, 0.29) is 24.1 Å². The summed E-state index contributed by atoms with van der Waals surface area (Å²) in [6.07, 6.45) is -1.84. The summed E-state index contributed by atoms with van der Waals surface area (Å²) in [7, 11) is 0. The molecule has 0 aromatic heterocycles. The summed E-state index contributed by atoms with van der Waals surface area (Å²) < 4.78 is 39.3. The van der Waals surface area contributed by atoms with E-state index in [0.29, 0.717) is 19.0 Å². The van der Waals surface area contributed by atoms with Gasteiger partial charge in [0.25, 0.3) is 0 Å². The number of alkyl halides is 3. The van der Waals surface area contributed by atoms with Gasteiger partial charge in [0.2, 0.25) is 5.91 Å². The zero-order valence-corrected chi connectivity index (χ0v) is 14.1. The molecule has 0 radical (unpaired) electrons. The lowest BCUT2D eigenvalue weighted by atomic mass is 10.1. The Morgan fingerprint density at radius 2 is 1.88 bits per heavy atom. The van der Waals surface area contributed by atoms with Crippen LogP contribution in [-0.4, -0.2) is 40.9 Å². The highest BCUT2D eigenvalue weighted by molar-refractivity contribution is 7.99. The van der Waals surface area contributed by atoms with Gasteiger partial charge in [0.1, 0.15) is 0 Å². The quantitative estimate of drug-likeness (QED) is 0.896. The van der Waals surface area contributed by atoms with Crippen molar-refractivity contribution in [2.24, 2.45) is 0 Å². The normalized spacial score (nSPS) is 23.0. The summed E-state index contributed by atoms with van der Waals surface area (Å²) >= 11 is 1.94. The summed E-state index contributed by atoms with van der Waals surface area (Å²) in [5.41, 5.74) is -0.494. The van der Waals surface area contributed by atoms with Crippen molar-refractivity contribution in [3.8, 4) is 0 Å². The van der Waals surface area contributed by atoms with Gasteiger partial charge >= 0.3 is 6.18 Å². The van der Waals surface area contributed by atoms with Crippen molar-refractivity contribution in [3.05, 3.63) is 35.4 Å². The number of rotatable bonds is 4. The predicted octanol–water partition coefficient (Wildman–Crippen LogP) is 3.29. The zero-order chi connectivity index (χ0) is 17.2. The summed E-state index contributed by atoms with van der Waals surface area (Å²) in [4.78, 5) is 13.7. The van der Waals surface area contributed by atoms with E-state index in [2.05, 4.69) is 5.32 Å². The molecule has 1 amide bonds. The molecule has 0 unspecified atom stereocenters. The molecule has 132 valence electrons. The first kappa shape index (κ1) is 17.6. The molecule has 0 aliphatic carbocycles. The molecule has 1 aromatic carbocycles. The number of nitrogens with one attached hydrogen (secondary N) is 1. The van der Waals surface area contributed by atoms with Crippen molar-refractivity contribution in [3.63, 3.8) is 0 Å². The van der Waals surface area contributed by atoms with Crippen LogP contribution in [0.5, 0.6) is 0 Å². The van der Waals surface area contributed by atoms with E-state index in [1.54, 1.807) is 11.0 Å². The Labute approximate surface area is 144 Å². The number of halogens is 3. The van der Waals surface area contributed by atoms with Crippen molar-refractivity contribution in [2.45, 2.75) is 44.1 Å². The summed E-state index contributed by atoms with van der Waals surface area (Å²) in [5.74, 6) is 2.18. The molecule has 2 heterocycles. The minimum atomic E-state index is -4.39. The maximum Gasteiger partial charge on any atom is 0.416 e. The van der Waals surface area contributed by atoms with E-state index in [4.69, 9.17) is 0 Å². The lowest BCUT2D eigenvalue weighted by molar-refractivity contribution is -0.139. The van der Waals surface area contributed by atoms with Crippen molar-refractivity contribution in [2.75, 3.05) is 18.1 Å². The molecule has 24 heavy (non-hydrogen) atoms. The first-order valence-corrected chi connectivity index (χ1v) is 9.35. The fraction of sp³-hybridized carbons (Fsp3) is 0.588. The van der Waals surface area contributed by atoms with E-state index in [1.165, 1.54) is 12.1 Å². The number of carbonyl (C=O) groups is 1. The van der Waals surface area contributed by atoms with E-state index in [9.17, 15) is 18.0 Å². The van der Waals surface area contributed by atoms with Gasteiger partial charge in [-0.1, -0.05) is 18.2 Å². The van der Waals surface area contributed by atoms with Crippen molar-refractivity contribution in [1.82, 2.24) is 10.2 Å². The number of thioether (sulfide) groups is 1. The Bertz CT molecular complexity index is 587. The van der Waals surface area contributed by atoms with Crippen LogP contribution in [0.1, 0.15) is 30.4 Å². The first-order valence-electron chi connectivity index (χ1n) is 8.20. The highest BCUT2D eigenvalue weighted by Crippen LogP contribution is 2.33. The second-order valence-corrected chi connectivity index (χ2v) is 7.61. The minimum absolute atomic E-state index is 0.0210. The second kappa shape index (κ2) is 7.35. The summed E-state index contributed by atoms with van der Waals surface area (Å²) in [5, 5.41) is 3.51. The van der Waals surface area contributed by atoms with Crippen LogP contribution in [0.4, 0.5) is 13.2 Å². The second-order valence-electron chi connectivity index (χ2n) is 6.38. The van der Waals surface area contributed by atoms with Gasteiger partial charge in [-0.05, 0) is 36.0 Å². The van der Waals surface area contributed by atoms with Gasteiger partial charge in [-0.3, -0.25) is 4.79 Å². The van der Waals surface area contributed by atoms with Crippen LogP contribution in [0.3, 0.4) is 0 Å². The Morgan fingerprint density at radius 1 is 1.17 bits per heavy atom. The third kappa shape index (κ3) is 4.25. The average Bonchev–Trinajstić information content (AvgIpc) is 2.87. The van der Waals surface area contributed by atoms with Gasteiger partial charge < -0.3 is 10.2 Å². The van der Waals surface area contributed by atoms with Crippen LogP contribution in [-0.2, 0) is 17.5 Å². The van der Waals surface area contributed by atoms with Gasteiger partial charge in [-0.2, -0.15) is 24.9 Å². The molecule has 1 aromatic rings. The third-order valence-corrected chi connectivity index (χ3v) is 5.64. The maximum atomic E-state index is 13.1. The monoisotopic (exact) mass is 358 g/mol. The molecule has 7 heteroatoms. The fourth-order valence-electron chi connectivity index (χ4n) is 3.37. The molecule has 3 rings (SSSR count). The van der Waals surface area contributed by atoms with Crippen LogP contribution < -0.4 is 5.32 Å². The van der Waals surface area contributed by atoms with Crippen LogP contribution in [0.15, 0.2) is 24.3 Å². The molecule has 0 bridgehead atoms. The van der Waals surface area contributed by atoms with Crippen molar-refractivity contribution < 1.29 is 18.0 Å². The SMILES string of the molecule is O=C1C[C@H](NC2CCSCC2)CN1Cc1ccccc1C(F)(F)F. The molecule has 0 saturated carbocycles. The van der Waals surface area contributed by atoms with Gasteiger partial charge in [0.05, 0.1) is 5.56 Å². The maximum absolute atomic E-state index is 13.1. The standard InChI is InChI=1S/C17H21F3N2OS/c18-17(19,20)15-4-2-1-3-12(15)10-22-11-14(9-16(22)23)21-13-5-7-24-8-6-13/h1-4,13-14,21H,5-11H2/t14-/m0/s1. The first-order chi connectivity index (χ1) is 11.4. The minimum Gasteiger partial charge on any atom is -0.337 e. The number of likely N-dealkylation sites (tertiary alicyclic amines) is 1. The predicted molar refractivity (Wildman–Crippen MR) is 88.7 cm³/mol. The molecule has 1 atom stereocenters. The highest BCUT2D eigenvalue weighted by Gasteiger charge is 2.36. The molecule has 2 saturated heterocycles. The van der Waals surface area contributed by atoms with Gasteiger partial charge in [-0.25, -0.2) is 0 Å². The van der Waals surface area contributed by atoms with Crippen LogP contribution in [0.2, 0.25) is 0 Å². The molecular formula is C17H21F3N2OS. The number of hydrogen-bond donors (Lipinski definition) is 1. The zero-order valence-electron chi connectivity index (χ0n) is 13.3. The van der Waals surface area contributed by atoms with Gasteiger partial charge in [0.15, 0.2) is 0 Å². The Hall–Kier alpha value is -1.21. The van der Waals surface area contributed by atoms with Crippen LogP contribution in [0.25, 0.3) is 0 Å². The lowest BCUT2D eigenvalue weighted by Gasteiger charge is -2.26. The molecule has 2 aliphatic rings. The summed E-state index contributed by atoms with van der Waals surface area (Å²) in [6, 6.07) is 5.96.